The lowest BCUT2D eigenvalue weighted by Gasteiger charge is -2.43. The van der Waals surface area contributed by atoms with Crippen LogP contribution in [0.15, 0.2) is 54.9 Å². The lowest BCUT2D eigenvalue weighted by molar-refractivity contribution is -0.137. The van der Waals surface area contributed by atoms with Gasteiger partial charge >= 0.3 is 6.18 Å². The maximum absolute atomic E-state index is 13.6. The number of benzene rings is 2. The molecular weight excluding hydrogens is 567 g/mol. The van der Waals surface area contributed by atoms with Crippen molar-refractivity contribution in [1.29, 1.82) is 0 Å². The quantitative estimate of drug-likeness (QED) is 0.248. The van der Waals surface area contributed by atoms with Crippen molar-refractivity contribution in [2.24, 2.45) is 11.3 Å². The highest BCUT2D eigenvalue weighted by atomic mass is 19.4. The number of aryl methyl sites for hydroxylation is 1. The molecule has 0 radical (unpaired) electrons. The van der Waals surface area contributed by atoms with Crippen molar-refractivity contribution in [3.63, 3.8) is 0 Å². The number of nitrogens with one attached hydrogen (secondary N) is 1. The third kappa shape index (κ3) is 6.72. The fraction of sp³-hybridized carbons (Fsp3) is 0.455. The van der Waals surface area contributed by atoms with Crippen LogP contribution in [-0.4, -0.2) is 55.2 Å². The Morgan fingerprint density at radius 3 is 2.66 bits per heavy atom. The first-order valence-corrected chi connectivity index (χ1v) is 15.0. The molecule has 0 bridgehead atoms. The van der Waals surface area contributed by atoms with Crippen molar-refractivity contribution in [1.82, 2.24) is 35.0 Å². The van der Waals surface area contributed by atoms with Crippen molar-refractivity contribution in [3.8, 4) is 11.4 Å². The first kappa shape index (κ1) is 31.4. The second-order valence-corrected chi connectivity index (χ2v) is 12.7. The van der Waals surface area contributed by atoms with Gasteiger partial charge in [-0.25, -0.2) is 9.36 Å². The minimum absolute atomic E-state index is 0.284. The van der Waals surface area contributed by atoms with E-state index < -0.39 is 17.8 Å². The summed E-state index contributed by atoms with van der Waals surface area (Å²) in [4.78, 5) is 16.1. The maximum Gasteiger partial charge on any atom is 0.416 e. The number of carbonyl (C=O) groups is 1. The molecule has 1 fully saturated rings. The smallest absolute Gasteiger partial charge is 0.345 e. The van der Waals surface area contributed by atoms with Crippen molar-refractivity contribution in [2.75, 3.05) is 19.6 Å². The molecule has 1 aliphatic heterocycles. The highest BCUT2D eigenvalue weighted by Gasteiger charge is 2.33. The monoisotopic (exact) mass is 607 g/mol. The van der Waals surface area contributed by atoms with Crippen LogP contribution >= 0.6 is 0 Å². The number of likely N-dealkylation sites (tertiary alicyclic amines) is 1. The summed E-state index contributed by atoms with van der Waals surface area (Å²) < 4.78 is 42.9. The van der Waals surface area contributed by atoms with Gasteiger partial charge in [0.05, 0.1) is 46.6 Å². The molecular formula is C33H40F3N7O. The van der Waals surface area contributed by atoms with Gasteiger partial charge in [-0.3, -0.25) is 4.79 Å². The zero-order valence-corrected chi connectivity index (χ0v) is 26.1. The van der Waals surface area contributed by atoms with E-state index in [9.17, 15) is 18.0 Å². The van der Waals surface area contributed by atoms with Crippen molar-refractivity contribution in [3.05, 3.63) is 88.5 Å². The minimum Gasteiger partial charge on any atom is -0.345 e. The molecule has 44 heavy (non-hydrogen) atoms. The molecule has 2 atom stereocenters. The number of alkyl halides is 3. The first-order chi connectivity index (χ1) is 20.7. The Labute approximate surface area is 256 Å². The van der Waals surface area contributed by atoms with Crippen LogP contribution in [0.2, 0.25) is 0 Å². The molecule has 3 heterocycles. The van der Waals surface area contributed by atoms with Gasteiger partial charge in [-0.2, -0.15) is 18.3 Å². The molecule has 11 heteroatoms. The third-order valence-electron chi connectivity index (χ3n) is 8.99. The van der Waals surface area contributed by atoms with Gasteiger partial charge in [-0.15, -0.1) is 5.10 Å². The van der Waals surface area contributed by atoms with Gasteiger partial charge in [0.2, 0.25) is 0 Å². The van der Waals surface area contributed by atoms with Crippen LogP contribution in [0.25, 0.3) is 11.4 Å². The Balaban J connectivity index is 1.30. The average molecular weight is 608 g/mol. The summed E-state index contributed by atoms with van der Waals surface area (Å²) in [5, 5.41) is 16.1. The van der Waals surface area contributed by atoms with Gasteiger partial charge in [0.15, 0.2) is 0 Å². The second-order valence-electron chi connectivity index (χ2n) is 12.7. The van der Waals surface area contributed by atoms with Crippen LogP contribution in [0, 0.1) is 25.2 Å². The number of carbonyl (C=O) groups excluding carboxylic acids is 1. The first-order valence-electron chi connectivity index (χ1n) is 15.0. The number of halogens is 3. The van der Waals surface area contributed by atoms with Crippen LogP contribution in [-0.2, 0) is 12.6 Å². The Morgan fingerprint density at radius 1 is 1.16 bits per heavy atom. The Hall–Kier alpha value is -3.99. The SMILES string of the molecule is Cc1ccc(C(=O)NC(C)c2cnn(-c3cccc(C(F)(F)F)c3)c2C)c(-n2cc(CCN3CCC(C)C(C)(C)C3)nn2)c1. The molecule has 1 saturated heterocycles. The molecule has 1 amide bonds. The Kier molecular flexibility index (Phi) is 8.71. The van der Waals surface area contributed by atoms with Crippen molar-refractivity contribution < 1.29 is 18.0 Å². The summed E-state index contributed by atoms with van der Waals surface area (Å²) in [6.45, 7) is 15.6. The summed E-state index contributed by atoms with van der Waals surface area (Å²) in [5.41, 5.74) is 4.06. The number of rotatable bonds is 8. The molecule has 1 aliphatic rings. The number of nitrogens with zero attached hydrogens (tertiary/aromatic N) is 6. The van der Waals surface area contributed by atoms with E-state index in [-0.39, 0.29) is 11.3 Å². The van der Waals surface area contributed by atoms with Crippen molar-refractivity contribution in [2.45, 2.75) is 66.6 Å². The number of hydrogen-bond donors (Lipinski definition) is 1. The molecule has 234 valence electrons. The van der Waals surface area contributed by atoms with E-state index in [4.69, 9.17) is 0 Å². The van der Waals surface area contributed by atoms with E-state index in [1.54, 1.807) is 29.9 Å². The highest BCUT2D eigenvalue weighted by molar-refractivity contribution is 5.98. The summed E-state index contributed by atoms with van der Waals surface area (Å²) >= 11 is 0. The van der Waals surface area contributed by atoms with Gasteiger partial charge in [-0.1, -0.05) is 38.1 Å². The molecule has 2 unspecified atom stereocenters. The number of piperidine rings is 1. The normalized spacial score (nSPS) is 17.9. The molecule has 2 aromatic carbocycles. The lowest BCUT2D eigenvalue weighted by Crippen LogP contribution is -2.45. The fourth-order valence-corrected chi connectivity index (χ4v) is 5.87. The summed E-state index contributed by atoms with van der Waals surface area (Å²) in [5.74, 6) is 0.393. The van der Waals surface area contributed by atoms with E-state index in [0.29, 0.717) is 34.1 Å². The highest BCUT2D eigenvalue weighted by Crippen LogP contribution is 2.34. The van der Waals surface area contributed by atoms with Crippen LogP contribution in [0.3, 0.4) is 0 Å². The van der Waals surface area contributed by atoms with Crippen LogP contribution in [0.4, 0.5) is 13.2 Å². The standard InChI is InChI=1S/C33H40F3N7O/c1-21-10-11-28(30(16-21)42-19-26(39-40-42)13-15-41-14-12-22(2)32(5,6)20-41)31(44)38-23(3)29-18-37-43(24(29)4)27-9-7-8-25(17-27)33(34,35)36/h7-11,16-19,22-23H,12-15,20H2,1-6H3,(H,38,44). The largest absolute Gasteiger partial charge is 0.416 e. The third-order valence-corrected chi connectivity index (χ3v) is 8.99. The molecule has 8 nitrogen and oxygen atoms in total. The molecule has 0 spiro atoms. The van der Waals surface area contributed by atoms with E-state index in [1.165, 1.54) is 17.2 Å². The van der Waals surface area contributed by atoms with Crippen LogP contribution < -0.4 is 5.32 Å². The van der Waals surface area contributed by atoms with E-state index >= 15 is 0 Å². The zero-order chi connectivity index (χ0) is 31.8. The Morgan fingerprint density at radius 2 is 1.93 bits per heavy atom. The van der Waals surface area contributed by atoms with Gasteiger partial charge in [-0.05, 0) is 81.0 Å². The Bertz CT molecular complexity index is 1640. The molecule has 1 N–H and O–H groups in total. The number of hydrogen-bond acceptors (Lipinski definition) is 5. The molecule has 0 aliphatic carbocycles. The summed E-state index contributed by atoms with van der Waals surface area (Å²) in [6, 6.07) is 10.1. The van der Waals surface area contributed by atoms with E-state index in [2.05, 4.69) is 46.4 Å². The minimum atomic E-state index is -4.46. The zero-order valence-electron chi connectivity index (χ0n) is 26.1. The van der Waals surface area contributed by atoms with Crippen molar-refractivity contribution >= 4 is 5.91 Å². The topological polar surface area (TPSA) is 80.9 Å². The molecule has 4 aromatic rings. The number of aromatic nitrogens is 5. The maximum atomic E-state index is 13.6. The summed E-state index contributed by atoms with van der Waals surface area (Å²) in [6.07, 6.45) is 0.955. The number of amides is 1. The lowest BCUT2D eigenvalue weighted by atomic mass is 9.75. The second kappa shape index (κ2) is 12.2. The molecule has 0 saturated carbocycles. The predicted octanol–water partition coefficient (Wildman–Crippen LogP) is 6.49. The van der Waals surface area contributed by atoms with Crippen LogP contribution in [0.5, 0.6) is 0 Å². The van der Waals surface area contributed by atoms with Gasteiger partial charge < -0.3 is 10.2 Å². The predicted molar refractivity (Wildman–Crippen MR) is 163 cm³/mol. The fourth-order valence-electron chi connectivity index (χ4n) is 5.87. The van der Waals surface area contributed by atoms with Gasteiger partial charge in [0.1, 0.15) is 0 Å². The van der Waals surface area contributed by atoms with E-state index in [1.807, 2.05) is 32.2 Å². The van der Waals surface area contributed by atoms with E-state index in [0.717, 1.165) is 49.4 Å². The average Bonchev–Trinajstić information content (AvgIpc) is 3.60. The molecule has 5 rings (SSSR count). The molecule has 2 aromatic heterocycles. The van der Waals surface area contributed by atoms with Gasteiger partial charge in [0, 0.05) is 30.8 Å². The van der Waals surface area contributed by atoms with Gasteiger partial charge in [0.25, 0.3) is 5.91 Å². The van der Waals surface area contributed by atoms with Crippen LogP contribution in [0.1, 0.15) is 78.6 Å². The summed E-state index contributed by atoms with van der Waals surface area (Å²) in [7, 11) is 0.